The molecule has 1 aromatic carbocycles. The zero-order valence-corrected chi connectivity index (χ0v) is 13.1. The van der Waals surface area contributed by atoms with E-state index in [0.29, 0.717) is 25.3 Å². The molecule has 122 valence electrons. The first-order chi connectivity index (χ1) is 10.7. The molecule has 0 aliphatic carbocycles. The standard InChI is InChI=1S/C16H23FN2O3/c1-3-4-5-10-18-16(22-12-11-21-2)19-15(20)13-6-8-14(17)9-7-13/h6-9H,3-5,10-12H2,1-2H3,(H,18,19,20). The van der Waals surface area contributed by atoms with Gasteiger partial charge in [-0.15, -0.1) is 0 Å². The van der Waals surface area contributed by atoms with Gasteiger partial charge in [0.1, 0.15) is 12.4 Å². The van der Waals surface area contributed by atoms with Gasteiger partial charge in [-0.3, -0.25) is 10.1 Å². The molecule has 1 rings (SSSR count). The Morgan fingerprint density at radius 3 is 2.59 bits per heavy atom. The third kappa shape index (κ3) is 7.17. The zero-order valence-electron chi connectivity index (χ0n) is 13.1. The number of rotatable bonds is 8. The van der Waals surface area contributed by atoms with E-state index in [4.69, 9.17) is 9.47 Å². The summed E-state index contributed by atoms with van der Waals surface area (Å²) in [5.41, 5.74) is 0.345. The van der Waals surface area contributed by atoms with E-state index in [1.807, 2.05) is 0 Å². The molecule has 0 fully saturated rings. The largest absolute Gasteiger partial charge is 0.463 e. The average Bonchev–Trinajstić information content (AvgIpc) is 2.52. The van der Waals surface area contributed by atoms with Gasteiger partial charge in [0.05, 0.1) is 6.61 Å². The van der Waals surface area contributed by atoms with Crippen molar-refractivity contribution in [1.29, 1.82) is 0 Å². The van der Waals surface area contributed by atoms with Crippen LogP contribution < -0.4 is 5.32 Å². The van der Waals surface area contributed by atoms with E-state index in [0.717, 1.165) is 19.3 Å². The van der Waals surface area contributed by atoms with Crippen molar-refractivity contribution in [1.82, 2.24) is 5.32 Å². The van der Waals surface area contributed by atoms with Crippen molar-refractivity contribution in [2.75, 3.05) is 26.9 Å². The lowest BCUT2D eigenvalue weighted by molar-refractivity contribution is 0.0954. The minimum absolute atomic E-state index is 0.169. The molecule has 0 saturated carbocycles. The predicted octanol–water partition coefficient (Wildman–Crippen LogP) is 2.76. The molecule has 0 spiro atoms. The van der Waals surface area contributed by atoms with Crippen LogP contribution in [0.15, 0.2) is 29.3 Å². The quantitative estimate of drug-likeness (QED) is 0.456. The van der Waals surface area contributed by atoms with Gasteiger partial charge in [0.2, 0.25) is 0 Å². The number of aliphatic imine (C=N–C) groups is 1. The molecule has 1 amide bonds. The van der Waals surface area contributed by atoms with Crippen LogP contribution in [0.5, 0.6) is 0 Å². The third-order valence-electron chi connectivity index (χ3n) is 2.87. The fourth-order valence-corrected chi connectivity index (χ4v) is 1.66. The number of nitrogens with zero attached hydrogens (tertiary/aromatic N) is 1. The van der Waals surface area contributed by atoms with E-state index < -0.39 is 0 Å². The summed E-state index contributed by atoms with van der Waals surface area (Å²) < 4.78 is 23.2. The van der Waals surface area contributed by atoms with Crippen LogP contribution in [0, 0.1) is 5.82 Å². The van der Waals surface area contributed by atoms with Crippen molar-refractivity contribution < 1.29 is 18.7 Å². The Labute approximate surface area is 130 Å². The maximum Gasteiger partial charge on any atom is 0.291 e. The highest BCUT2D eigenvalue weighted by Crippen LogP contribution is 2.03. The van der Waals surface area contributed by atoms with Crippen molar-refractivity contribution in [3.05, 3.63) is 35.6 Å². The molecule has 0 aliphatic rings. The van der Waals surface area contributed by atoms with E-state index in [1.165, 1.54) is 24.3 Å². The third-order valence-corrected chi connectivity index (χ3v) is 2.87. The summed E-state index contributed by atoms with van der Waals surface area (Å²) in [6.45, 7) is 3.39. The zero-order chi connectivity index (χ0) is 16.2. The first-order valence-electron chi connectivity index (χ1n) is 7.40. The van der Waals surface area contributed by atoms with Crippen LogP contribution in [0.4, 0.5) is 4.39 Å². The van der Waals surface area contributed by atoms with Gasteiger partial charge in [-0.2, -0.15) is 0 Å². The number of amides is 1. The average molecular weight is 310 g/mol. The van der Waals surface area contributed by atoms with E-state index >= 15 is 0 Å². The first-order valence-corrected chi connectivity index (χ1v) is 7.40. The van der Waals surface area contributed by atoms with Gasteiger partial charge in [-0.1, -0.05) is 19.8 Å². The maximum absolute atomic E-state index is 12.9. The Morgan fingerprint density at radius 1 is 1.23 bits per heavy atom. The normalized spacial score (nSPS) is 11.3. The predicted molar refractivity (Wildman–Crippen MR) is 83.5 cm³/mol. The summed E-state index contributed by atoms with van der Waals surface area (Å²) in [7, 11) is 1.57. The second-order valence-corrected chi connectivity index (χ2v) is 4.70. The second kappa shape index (κ2) is 10.7. The molecular weight excluding hydrogens is 287 g/mol. The summed E-state index contributed by atoms with van der Waals surface area (Å²) in [5, 5.41) is 2.60. The molecule has 0 aliphatic heterocycles. The van der Waals surface area contributed by atoms with Gasteiger partial charge in [-0.05, 0) is 30.7 Å². The van der Waals surface area contributed by atoms with Crippen LogP contribution >= 0.6 is 0 Å². The molecule has 6 heteroatoms. The molecule has 0 aromatic heterocycles. The number of hydrogen-bond acceptors (Lipinski definition) is 4. The van der Waals surface area contributed by atoms with Gasteiger partial charge in [0, 0.05) is 19.2 Å². The molecule has 1 N–H and O–H groups in total. The fraction of sp³-hybridized carbons (Fsp3) is 0.500. The van der Waals surface area contributed by atoms with E-state index in [-0.39, 0.29) is 17.7 Å². The first kappa shape index (κ1) is 18.1. The van der Waals surface area contributed by atoms with Gasteiger partial charge >= 0.3 is 0 Å². The van der Waals surface area contributed by atoms with Crippen LogP contribution in [0.25, 0.3) is 0 Å². The lowest BCUT2D eigenvalue weighted by atomic mass is 10.2. The minimum atomic E-state index is -0.388. The smallest absolute Gasteiger partial charge is 0.291 e. The highest BCUT2D eigenvalue weighted by Gasteiger charge is 2.10. The van der Waals surface area contributed by atoms with Gasteiger partial charge < -0.3 is 9.47 Å². The molecule has 1 aromatic rings. The number of benzene rings is 1. The number of carbonyl (C=O) groups excluding carboxylic acids is 1. The Bertz CT molecular complexity index is 475. The molecular formula is C16H23FN2O3. The van der Waals surface area contributed by atoms with E-state index in [2.05, 4.69) is 17.2 Å². The Balaban J connectivity index is 2.60. The lowest BCUT2D eigenvalue weighted by Crippen LogP contribution is -2.33. The molecule has 0 saturated heterocycles. The summed E-state index contributed by atoms with van der Waals surface area (Å²) in [4.78, 5) is 16.3. The Hall–Kier alpha value is -1.95. The van der Waals surface area contributed by atoms with Gasteiger partial charge in [0.15, 0.2) is 0 Å². The van der Waals surface area contributed by atoms with Crippen LogP contribution in [0.1, 0.15) is 36.5 Å². The number of ether oxygens (including phenoxy) is 2. The monoisotopic (exact) mass is 310 g/mol. The summed E-state index contributed by atoms with van der Waals surface area (Å²) in [6.07, 6.45) is 3.10. The van der Waals surface area contributed by atoms with Crippen LogP contribution in [0.2, 0.25) is 0 Å². The number of amidine groups is 1. The van der Waals surface area contributed by atoms with Crippen molar-refractivity contribution in [3.8, 4) is 0 Å². The molecule has 0 radical (unpaired) electrons. The van der Waals surface area contributed by atoms with Crippen molar-refractivity contribution in [2.24, 2.45) is 4.99 Å². The summed E-state index contributed by atoms with van der Waals surface area (Å²) in [6, 6.07) is 5.46. The molecule has 0 bridgehead atoms. The van der Waals surface area contributed by atoms with Crippen molar-refractivity contribution in [2.45, 2.75) is 26.2 Å². The number of unbranched alkanes of at least 4 members (excludes halogenated alkanes) is 2. The Morgan fingerprint density at radius 2 is 1.95 bits per heavy atom. The van der Waals surface area contributed by atoms with Crippen LogP contribution in [0.3, 0.4) is 0 Å². The topological polar surface area (TPSA) is 59.9 Å². The van der Waals surface area contributed by atoms with Crippen molar-refractivity contribution in [3.63, 3.8) is 0 Å². The fourth-order valence-electron chi connectivity index (χ4n) is 1.66. The number of methoxy groups -OCH3 is 1. The Kier molecular flexibility index (Phi) is 8.83. The molecule has 22 heavy (non-hydrogen) atoms. The number of halogens is 1. The van der Waals surface area contributed by atoms with E-state index in [9.17, 15) is 9.18 Å². The highest BCUT2D eigenvalue weighted by atomic mass is 19.1. The SMILES string of the molecule is CCCCCN=C(NC(=O)c1ccc(F)cc1)OCCOC. The maximum atomic E-state index is 12.9. The van der Waals surface area contributed by atoms with E-state index in [1.54, 1.807) is 7.11 Å². The molecule has 0 heterocycles. The number of nitrogens with one attached hydrogen (secondary N) is 1. The molecule has 0 unspecified atom stereocenters. The van der Waals surface area contributed by atoms with Crippen molar-refractivity contribution >= 4 is 11.9 Å². The number of carbonyl (C=O) groups is 1. The molecule has 5 nitrogen and oxygen atoms in total. The number of hydrogen-bond donors (Lipinski definition) is 1. The van der Waals surface area contributed by atoms with Gasteiger partial charge in [-0.25, -0.2) is 9.38 Å². The molecule has 0 atom stereocenters. The summed E-state index contributed by atoms with van der Waals surface area (Å²) >= 11 is 0. The van der Waals surface area contributed by atoms with Crippen LogP contribution in [-0.2, 0) is 9.47 Å². The highest BCUT2D eigenvalue weighted by molar-refractivity contribution is 6.04. The van der Waals surface area contributed by atoms with Gasteiger partial charge in [0.25, 0.3) is 11.9 Å². The van der Waals surface area contributed by atoms with Crippen LogP contribution in [-0.4, -0.2) is 38.8 Å². The minimum Gasteiger partial charge on any atom is -0.463 e. The second-order valence-electron chi connectivity index (χ2n) is 4.70. The summed E-state index contributed by atoms with van der Waals surface area (Å²) in [5.74, 6) is -0.770. The lowest BCUT2D eigenvalue weighted by Gasteiger charge is -2.10.